The van der Waals surface area contributed by atoms with Gasteiger partial charge in [-0.15, -0.1) is 0 Å². The van der Waals surface area contributed by atoms with Crippen LogP contribution >= 0.6 is 11.6 Å². The first kappa shape index (κ1) is 15.8. The van der Waals surface area contributed by atoms with Crippen molar-refractivity contribution in [3.63, 3.8) is 0 Å². The van der Waals surface area contributed by atoms with E-state index in [1.165, 1.54) is 12.0 Å². The number of hydrogen-bond donors (Lipinski definition) is 3. The van der Waals surface area contributed by atoms with Gasteiger partial charge in [0.15, 0.2) is 0 Å². The molecule has 4 rings (SSSR count). The predicted molar refractivity (Wildman–Crippen MR) is 89.1 cm³/mol. The van der Waals surface area contributed by atoms with E-state index in [9.17, 15) is 0 Å². The number of hydrazine groups is 1. The van der Waals surface area contributed by atoms with E-state index in [1.54, 1.807) is 0 Å². The Balaban J connectivity index is 1.41. The van der Waals surface area contributed by atoms with Crippen molar-refractivity contribution < 1.29 is 9.47 Å². The molecule has 0 saturated carbocycles. The lowest BCUT2D eigenvalue weighted by molar-refractivity contribution is 0.00425. The van der Waals surface area contributed by atoms with E-state index in [1.807, 2.05) is 12.1 Å². The minimum Gasteiger partial charge on any atom is -0.377 e. The number of halogens is 1. The van der Waals surface area contributed by atoms with Crippen molar-refractivity contribution in [2.24, 2.45) is 5.92 Å². The fraction of sp³-hybridized carbons (Fsp3) is 0.647. The molecule has 0 amide bonds. The number of ether oxygens (including phenoxy) is 2. The highest BCUT2D eigenvalue weighted by Crippen LogP contribution is 2.35. The molecule has 3 aliphatic heterocycles. The number of rotatable bonds is 4. The Labute approximate surface area is 142 Å². The van der Waals surface area contributed by atoms with Gasteiger partial charge in [0.25, 0.3) is 0 Å². The first-order valence-electron chi connectivity index (χ1n) is 8.54. The van der Waals surface area contributed by atoms with Crippen molar-refractivity contribution in [1.82, 2.24) is 16.2 Å². The summed E-state index contributed by atoms with van der Waals surface area (Å²) in [6.45, 7) is 2.62. The molecule has 0 aromatic heterocycles. The molecule has 1 aromatic rings. The third kappa shape index (κ3) is 3.40. The Morgan fingerprint density at radius 3 is 2.74 bits per heavy atom. The molecule has 0 radical (unpaired) electrons. The molecule has 5 atom stereocenters. The van der Waals surface area contributed by atoms with E-state index >= 15 is 0 Å². The Hall–Kier alpha value is -0.690. The van der Waals surface area contributed by atoms with Crippen LogP contribution in [0.5, 0.6) is 0 Å². The summed E-state index contributed by atoms with van der Waals surface area (Å²) < 4.78 is 11.8. The molecule has 1 aromatic carbocycles. The standard InChI is InChI=1S/C17H24ClN3O2/c18-12-5-3-11(4-6-12)15-16-14(7-9-23-16)17(21-20-15)19-10-13-2-1-8-22-13/h3-6,13-17,19-21H,1-2,7-10H2/t13-,14?,15?,16?,17?/m1/s1. The number of nitrogens with one attached hydrogen (secondary N) is 3. The van der Waals surface area contributed by atoms with Crippen LogP contribution in [-0.4, -0.2) is 38.1 Å². The lowest BCUT2D eigenvalue weighted by atomic mass is 9.87. The third-order valence-electron chi connectivity index (χ3n) is 5.15. The highest BCUT2D eigenvalue weighted by molar-refractivity contribution is 6.30. The van der Waals surface area contributed by atoms with Gasteiger partial charge in [-0.2, -0.15) is 0 Å². The van der Waals surface area contributed by atoms with Gasteiger partial charge in [0.1, 0.15) is 0 Å². The maximum Gasteiger partial charge on any atom is 0.0839 e. The summed E-state index contributed by atoms with van der Waals surface area (Å²) in [4.78, 5) is 0. The highest BCUT2D eigenvalue weighted by Gasteiger charge is 2.43. The van der Waals surface area contributed by atoms with Gasteiger partial charge in [-0.1, -0.05) is 23.7 Å². The van der Waals surface area contributed by atoms with Gasteiger partial charge in [0, 0.05) is 30.7 Å². The monoisotopic (exact) mass is 337 g/mol. The summed E-state index contributed by atoms with van der Waals surface area (Å²) in [5, 5.41) is 4.38. The number of benzene rings is 1. The van der Waals surface area contributed by atoms with Crippen LogP contribution in [0, 0.1) is 5.92 Å². The predicted octanol–water partition coefficient (Wildman–Crippen LogP) is 1.99. The van der Waals surface area contributed by atoms with Crippen molar-refractivity contribution in [2.75, 3.05) is 19.8 Å². The Morgan fingerprint density at radius 1 is 1.09 bits per heavy atom. The van der Waals surface area contributed by atoms with Gasteiger partial charge in [-0.25, -0.2) is 10.9 Å². The summed E-state index contributed by atoms with van der Waals surface area (Å²) in [7, 11) is 0. The molecule has 3 fully saturated rings. The van der Waals surface area contributed by atoms with E-state index < -0.39 is 0 Å². The first-order valence-corrected chi connectivity index (χ1v) is 8.92. The van der Waals surface area contributed by atoms with Crippen LogP contribution in [-0.2, 0) is 9.47 Å². The zero-order chi connectivity index (χ0) is 15.6. The molecule has 3 heterocycles. The van der Waals surface area contributed by atoms with Crippen molar-refractivity contribution >= 4 is 11.6 Å². The van der Waals surface area contributed by atoms with E-state index in [2.05, 4.69) is 28.3 Å². The lowest BCUT2D eigenvalue weighted by Crippen LogP contribution is -2.63. The lowest BCUT2D eigenvalue weighted by Gasteiger charge is -2.41. The van der Waals surface area contributed by atoms with Crippen LogP contribution in [0.15, 0.2) is 24.3 Å². The summed E-state index contributed by atoms with van der Waals surface area (Å²) in [5.41, 5.74) is 8.08. The molecule has 0 spiro atoms. The van der Waals surface area contributed by atoms with Crippen LogP contribution in [0.25, 0.3) is 0 Å². The fourth-order valence-corrected chi connectivity index (χ4v) is 4.03. The van der Waals surface area contributed by atoms with Gasteiger partial charge in [0.2, 0.25) is 0 Å². The Morgan fingerprint density at radius 2 is 1.96 bits per heavy atom. The summed E-state index contributed by atoms with van der Waals surface area (Å²) in [6, 6.07) is 8.16. The minimum atomic E-state index is 0.153. The highest BCUT2D eigenvalue weighted by atomic mass is 35.5. The molecule has 126 valence electrons. The van der Waals surface area contributed by atoms with E-state index in [4.69, 9.17) is 21.1 Å². The molecule has 3 saturated heterocycles. The van der Waals surface area contributed by atoms with Gasteiger partial charge < -0.3 is 9.47 Å². The molecule has 5 nitrogen and oxygen atoms in total. The molecule has 4 unspecified atom stereocenters. The van der Waals surface area contributed by atoms with Crippen molar-refractivity contribution in [3.8, 4) is 0 Å². The SMILES string of the molecule is Clc1ccc(C2NNC(NC[C@H]3CCCO3)C3CCOC23)cc1. The molecule has 3 aliphatic rings. The molecule has 3 N–H and O–H groups in total. The van der Waals surface area contributed by atoms with Crippen LogP contribution < -0.4 is 16.2 Å². The average Bonchev–Trinajstić information content (AvgIpc) is 3.25. The van der Waals surface area contributed by atoms with Gasteiger partial charge in [-0.05, 0) is 37.0 Å². The topological polar surface area (TPSA) is 54.5 Å². The van der Waals surface area contributed by atoms with Crippen molar-refractivity contribution in [2.45, 2.75) is 43.7 Å². The van der Waals surface area contributed by atoms with Crippen LogP contribution in [0.4, 0.5) is 0 Å². The van der Waals surface area contributed by atoms with Gasteiger partial charge in [0.05, 0.1) is 24.4 Å². The van der Waals surface area contributed by atoms with E-state index in [-0.39, 0.29) is 18.3 Å². The zero-order valence-corrected chi connectivity index (χ0v) is 13.9. The molecule has 0 aliphatic carbocycles. The quantitative estimate of drug-likeness (QED) is 0.784. The molecule has 0 bridgehead atoms. The number of fused-ring (bicyclic) bond motifs is 1. The summed E-state index contributed by atoms with van der Waals surface area (Å²) >= 11 is 6.00. The Bertz CT molecular complexity index is 521. The largest absolute Gasteiger partial charge is 0.377 e. The van der Waals surface area contributed by atoms with Crippen LogP contribution in [0.1, 0.15) is 30.9 Å². The second kappa shape index (κ2) is 7.05. The number of hydrogen-bond acceptors (Lipinski definition) is 5. The molecule has 23 heavy (non-hydrogen) atoms. The smallest absolute Gasteiger partial charge is 0.0839 e. The van der Waals surface area contributed by atoms with E-state index in [0.717, 1.165) is 37.6 Å². The maximum absolute atomic E-state index is 6.05. The maximum atomic E-state index is 6.05. The first-order chi connectivity index (χ1) is 11.3. The minimum absolute atomic E-state index is 0.153. The summed E-state index contributed by atoms with van der Waals surface area (Å²) in [5.74, 6) is 0.457. The van der Waals surface area contributed by atoms with Gasteiger partial charge in [-0.3, -0.25) is 5.32 Å². The van der Waals surface area contributed by atoms with Crippen LogP contribution in [0.2, 0.25) is 5.02 Å². The third-order valence-corrected chi connectivity index (χ3v) is 5.41. The van der Waals surface area contributed by atoms with Gasteiger partial charge >= 0.3 is 0 Å². The Kier molecular flexibility index (Phi) is 4.85. The normalized spacial score (nSPS) is 37.0. The second-order valence-electron chi connectivity index (χ2n) is 6.63. The average molecular weight is 338 g/mol. The molecular formula is C17H24ClN3O2. The summed E-state index contributed by atoms with van der Waals surface area (Å²) in [6.07, 6.45) is 4.16. The molecule has 6 heteroatoms. The fourth-order valence-electron chi connectivity index (χ4n) is 3.91. The second-order valence-corrected chi connectivity index (χ2v) is 7.06. The molecular weight excluding hydrogens is 314 g/mol. The van der Waals surface area contributed by atoms with Crippen molar-refractivity contribution in [1.29, 1.82) is 0 Å². The zero-order valence-electron chi connectivity index (χ0n) is 13.1. The van der Waals surface area contributed by atoms with Crippen LogP contribution in [0.3, 0.4) is 0 Å². The van der Waals surface area contributed by atoms with E-state index in [0.29, 0.717) is 12.0 Å². The van der Waals surface area contributed by atoms with Crippen molar-refractivity contribution in [3.05, 3.63) is 34.9 Å².